The van der Waals surface area contributed by atoms with E-state index in [1.54, 1.807) is 31.2 Å². The molecule has 2 heterocycles. The van der Waals surface area contributed by atoms with Crippen molar-refractivity contribution in [1.82, 2.24) is 4.90 Å². The second kappa shape index (κ2) is 6.59. The molecule has 134 valence electrons. The van der Waals surface area contributed by atoms with Crippen LogP contribution in [-0.4, -0.2) is 50.1 Å². The number of rotatable bonds is 3. The van der Waals surface area contributed by atoms with Crippen LogP contribution >= 0.6 is 0 Å². The second-order valence-corrected chi connectivity index (χ2v) is 7.91. The third-order valence-corrected chi connectivity index (χ3v) is 5.93. The molecule has 0 aliphatic carbocycles. The van der Waals surface area contributed by atoms with Crippen LogP contribution in [-0.2, 0) is 24.3 Å². The van der Waals surface area contributed by atoms with Gasteiger partial charge < -0.3 is 9.64 Å². The van der Waals surface area contributed by atoms with E-state index in [1.807, 2.05) is 4.90 Å². The zero-order valence-electron chi connectivity index (χ0n) is 14.1. The number of ether oxygens (including phenoxy) is 1. The number of ketones is 1. The van der Waals surface area contributed by atoms with Crippen molar-refractivity contribution in [3.63, 3.8) is 0 Å². The average Bonchev–Trinajstić information content (AvgIpc) is 2.87. The van der Waals surface area contributed by atoms with Gasteiger partial charge in [0.05, 0.1) is 5.92 Å². The Balaban J connectivity index is 1.68. The molecule has 0 saturated carbocycles. The normalized spacial score (nSPS) is 20.6. The van der Waals surface area contributed by atoms with Crippen LogP contribution in [0.4, 0.5) is 0 Å². The van der Waals surface area contributed by atoms with Crippen molar-refractivity contribution in [2.45, 2.75) is 37.7 Å². The summed E-state index contributed by atoms with van der Waals surface area (Å²) in [4.78, 5) is 25.4. The summed E-state index contributed by atoms with van der Waals surface area (Å²) < 4.78 is 33.4. The molecule has 1 aromatic carbocycles. The Morgan fingerprint density at radius 2 is 1.88 bits per heavy atom. The number of esters is 1. The van der Waals surface area contributed by atoms with Gasteiger partial charge in [0.2, 0.25) is 0 Å². The fraction of sp³-hybridized carbons (Fsp3) is 0.471. The number of likely N-dealkylation sites (tertiary alicyclic amines) is 1. The molecule has 7 nitrogen and oxygen atoms in total. The summed E-state index contributed by atoms with van der Waals surface area (Å²) in [5, 5.41) is 0. The first-order valence-electron chi connectivity index (χ1n) is 8.20. The maximum atomic E-state index is 12.1. The van der Waals surface area contributed by atoms with Gasteiger partial charge in [0.1, 0.15) is 4.90 Å². The van der Waals surface area contributed by atoms with Crippen molar-refractivity contribution in [2.24, 2.45) is 10.3 Å². The van der Waals surface area contributed by atoms with Crippen molar-refractivity contribution < 1.29 is 22.7 Å². The summed E-state index contributed by atoms with van der Waals surface area (Å²) in [6, 6.07) is 6.75. The molecule has 1 fully saturated rings. The molecular formula is C17H20N2O5S. The highest BCUT2D eigenvalue weighted by atomic mass is 32.2. The van der Waals surface area contributed by atoms with E-state index in [1.165, 1.54) is 6.92 Å². The Hall–Kier alpha value is -2.22. The van der Waals surface area contributed by atoms with Gasteiger partial charge in [-0.2, -0.15) is 8.42 Å². The lowest BCUT2D eigenvalue weighted by Crippen LogP contribution is -2.41. The van der Waals surface area contributed by atoms with Crippen LogP contribution in [0.15, 0.2) is 33.6 Å². The van der Waals surface area contributed by atoms with Gasteiger partial charge in [0.15, 0.2) is 17.7 Å². The topological polar surface area (TPSA) is 93.1 Å². The predicted octanol–water partition coefficient (Wildman–Crippen LogP) is 1.37. The summed E-state index contributed by atoms with van der Waals surface area (Å²) >= 11 is 0. The van der Waals surface area contributed by atoms with Gasteiger partial charge in [-0.25, -0.2) is 0 Å². The number of hydrogen-bond acceptors (Lipinski definition) is 6. The van der Waals surface area contributed by atoms with E-state index in [0.717, 1.165) is 0 Å². The molecule has 2 aliphatic rings. The molecule has 2 aliphatic heterocycles. The number of hydrogen-bond donors (Lipinski definition) is 0. The number of benzene rings is 1. The highest BCUT2D eigenvalue weighted by molar-refractivity contribution is 7.90. The number of piperidine rings is 1. The van der Waals surface area contributed by atoms with Gasteiger partial charge in [-0.05, 0) is 38.8 Å². The van der Waals surface area contributed by atoms with Gasteiger partial charge in [0, 0.05) is 18.7 Å². The van der Waals surface area contributed by atoms with Crippen LogP contribution in [0.3, 0.4) is 0 Å². The van der Waals surface area contributed by atoms with E-state index < -0.39 is 16.1 Å². The molecule has 25 heavy (non-hydrogen) atoms. The minimum Gasteiger partial charge on any atom is -0.454 e. The number of carbonyl (C=O) groups is 2. The predicted molar refractivity (Wildman–Crippen MR) is 90.7 cm³/mol. The average molecular weight is 364 g/mol. The van der Waals surface area contributed by atoms with E-state index in [9.17, 15) is 18.0 Å². The Kier molecular flexibility index (Phi) is 4.64. The molecule has 0 unspecified atom stereocenters. The molecule has 0 aromatic heterocycles. The lowest BCUT2D eigenvalue weighted by molar-refractivity contribution is -0.158. The molecular weight excluding hydrogens is 344 g/mol. The van der Waals surface area contributed by atoms with E-state index >= 15 is 0 Å². The van der Waals surface area contributed by atoms with Gasteiger partial charge in [-0.15, -0.1) is 4.40 Å². The lowest BCUT2D eigenvalue weighted by Gasteiger charge is -2.32. The largest absolute Gasteiger partial charge is 0.454 e. The molecule has 0 amide bonds. The smallest absolute Gasteiger partial charge is 0.309 e. The lowest BCUT2D eigenvalue weighted by atomic mass is 9.96. The summed E-state index contributed by atoms with van der Waals surface area (Å²) in [6.07, 6.45) is 0.330. The van der Waals surface area contributed by atoms with E-state index in [-0.39, 0.29) is 22.6 Å². The summed E-state index contributed by atoms with van der Waals surface area (Å²) in [6.45, 7) is 3.97. The maximum Gasteiger partial charge on any atom is 0.309 e. The van der Waals surface area contributed by atoms with Crippen LogP contribution in [0, 0.1) is 5.92 Å². The highest BCUT2D eigenvalue weighted by Crippen LogP contribution is 2.30. The quantitative estimate of drug-likeness (QED) is 0.752. The molecule has 0 N–H and O–H groups in total. The maximum absolute atomic E-state index is 12.1. The Bertz CT molecular complexity index is 838. The zero-order chi connectivity index (χ0) is 18.2. The third-order valence-electron chi connectivity index (χ3n) is 4.61. The molecule has 8 heteroatoms. The van der Waals surface area contributed by atoms with Crippen LogP contribution in [0.25, 0.3) is 0 Å². The monoisotopic (exact) mass is 364 g/mol. The minimum atomic E-state index is -3.64. The van der Waals surface area contributed by atoms with Crippen molar-refractivity contribution in [1.29, 1.82) is 0 Å². The van der Waals surface area contributed by atoms with E-state index in [0.29, 0.717) is 37.3 Å². The number of Topliss-reactive ketones (excluding diaryl/α,β-unsaturated/α-hetero) is 1. The fourth-order valence-electron chi connectivity index (χ4n) is 3.00. The van der Waals surface area contributed by atoms with Gasteiger partial charge in [-0.3, -0.25) is 9.59 Å². The summed E-state index contributed by atoms with van der Waals surface area (Å²) in [5.74, 6) is -0.400. The Labute approximate surface area is 146 Å². The summed E-state index contributed by atoms with van der Waals surface area (Å²) in [5.41, 5.74) is 0.605. The zero-order valence-corrected chi connectivity index (χ0v) is 15.0. The van der Waals surface area contributed by atoms with Crippen molar-refractivity contribution >= 4 is 27.6 Å². The van der Waals surface area contributed by atoms with Crippen molar-refractivity contribution in [3.05, 3.63) is 29.8 Å². The molecule has 1 aromatic rings. The SMILES string of the molecule is CC(=O)[C@@H](C)OC(=O)C1CCN(C2=NS(=O)(=O)c3ccccc32)CC1. The van der Waals surface area contributed by atoms with Crippen LogP contribution in [0.2, 0.25) is 0 Å². The third kappa shape index (κ3) is 3.44. The minimum absolute atomic E-state index is 0.187. The van der Waals surface area contributed by atoms with Gasteiger partial charge in [-0.1, -0.05) is 12.1 Å². The Morgan fingerprint density at radius 3 is 2.52 bits per heavy atom. The first-order chi connectivity index (χ1) is 11.8. The molecule has 1 atom stereocenters. The molecule has 3 rings (SSSR count). The fourth-order valence-corrected chi connectivity index (χ4v) is 4.22. The van der Waals surface area contributed by atoms with Crippen LogP contribution < -0.4 is 0 Å². The molecule has 0 spiro atoms. The molecule has 1 saturated heterocycles. The van der Waals surface area contributed by atoms with E-state index in [4.69, 9.17) is 4.74 Å². The number of fused-ring (bicyclic) bond motifs is 1. The first-order valence-corrected chi connectivity index (χ1v) is 9.64. The number of nitrogens with zero attached hydrogens (tertiary/aromatic N) is 2. The van der Waals surface area contributed by atoms with Crippen LogP contribution in [0.1, 0.15) is 32.3 Å². The van der Waals surface area contributed by atoms with Crippen molar-refractivity contribution in [3.8, 4) is 0 Å². The first kappa shape index (κ1) is 17.6. The second-order valence-electron chi connectivity index (χ2n) is 6.34. The van der Waals surface area contributed by atoms with Gasteiger partial charge >= 0.3 is 5.97 Å². The van der Waals surface area contributed by atoms with Gasteiger partial charge in [0.25, 0.3) is 10.0 Å². The summed E-state index contributed by atoms with van der Waals surface area (Å²) in [7, 11) is -3.64. The van der Waals surface area contributed by atoms with E-state index in [2.05, 4.69) is 4.40 Å². The standard InChI is InChI=1S/C17H20N2O5S/c1-11(20)12(2)24-17(21)13-7-9-19(10-8-13)16-14-5-3-4-6-15(14)25(22,23)18-16/h3-6,12-13H,7-10H2,1-2H3/t12-/m1/s1. The van der Waals surface area contributed by atoms with Crippen molar-refractivity contribution in [2.75, 3.05) is 13.1 Å². The highest BCUT2D eigenvalue weighted by Gasteiger charge is 2.35. The molecule has 0 bridgehead atoms. The number of amidine groups is 1. The molecule has 0 radical (unpaired) electrons. The Morgan fingerprint density at radius 1 is 1.24 bits per heavy atom. The number of carbonyl (C=O) groups excluding carboxylic acids is 2. The number of sulfonamides is 1. The van der Waals surface area contributed by atoms with Crippen LogP contribution in [0.5, 0.6) is 0 Å².